The van der Waals surface area contributed by atoms with Crippen molar-refractivity contribution < 1.29 is 18.0 Å². The Hall–Kier alpha value is -3.23. The molecule has 0 atom stereocenters. The van der Waals surface area contributed by atoms with E-state index in [0.717, 1.165) is 6.26 Å². The third-order valence-electron chi connectivity index (χ3n) is 3.93. The van der Waals surface area contributed by atoms with E-state index < -0.39 is 15.7 Å². The van der Waals surface area contributed by atoms with Crippen molar-refractivity contribution in [3.63, 3.8) is 0 Å². The van der Waals surface area contributed by atoms with Crippen LogP contribution in [0.3, 0.4) is 0 Å². The lowest BCUT2D eigenvalue weighted by Crippen LogP contribution is -2.15. The van der Waals surface area contributed by atoms with Gasteiger partial charge < -0.3 is 10.6 Å². The molecule has 148 valence electrons. The van der Waals surface area contributed by atoms with Gasteiger partial charge in [-0.25, -0.2) is 8.42 Å². The standard InChI is InChI=1S/C20H16ClN3O4S/c1-29(27,28)16-5-6-18(21)17(12-16)20(26)24-15-4-2-3-13(11-15)19(25)23-14-7-9-22-10-8-14/h2-12H,1H3,(H,24,26)(H,22,23,25). The number of nitrogens with one attached hydrogen (secondary N) is 2. The van der Waals surface area contributed by atoms with Crippen LogP contribution in [0.25, 0.3) is 0 Å². The predicted octanol–water partition coefficient (Wildman–Crippen LogP) is 3.64. The summed E-state index contributed by atoms with van der Waals surface area (Å²) in [4.78, 5) is 28.9. The molecule has 0 spiro atoms. The number of aromatic nitrogens is 1. The first-order valence-corrected chi connectivity index (χ1v) is 10.6. The summed E-state index contributed by atoms with van der Waals surface area (Å²) in [6, 6.07) is 13.5. The number of carbonyl (C=O) groups excluding carboxylic acids is 2. The van der Waals surface area contributed by atoms with Gasteiger partial charge in [0.25, 0.3) is 11.8 Å². The Labute approximate surface area is 172 Å². The summed E-state index contributed by atoms with van der Waals surface area (Å²) in [7, 11) is -3.49. The van der Waals surface area contributed by atoms with Crippen LogP contribution in [0.2, 0.25) is 5.02 Å². The molecule has 29 heavy (non-hydrogen) atoms. The second kappa shape index (κ2) is 8.42. The molecule has 0 aliphatic carbocycles. The van der Waals surface area contributed by atoms with Crippen molar-refractivity contribution in [3.8, 4) is 0 Å². The molecule has 2 aromatic carbocycles. The van der Waals surface area contributed by atoms with Crippen LogP contribution in [0.5, 0.6) is 0 Å². The first-order valence-electron chi connectivity index (χ1n) is 8.36. The quantitative estimate of drug-likeness (QED) is 0.644. The lowest BCUT2D eigenvalue weighted by Gasteiger charge is -2.10. The number of hydrogen-bond donors (Lipinski definition) is 2. The molecule has 0 saturated heterocycles. The summed E-state index contributed by atoms with van der Waals surface area (Å²) in [5, 5.41) is 5.47. The molecular formula is C20H16ClN3O4S. The highest BCUT2D eigenvalue weighted by Crippen LogP contribution is 2.22. The van der Waals surface area contributed by atoms with Crippen LogP contribution in [0.15, 0.2) is 71.9 Å². The second-order valence-corrected chi connectivity index (χ2v) is 8.56. The topological polar surface area (TPSA) is 105 Å². The number of benzene rings is 2. The summed E-state index contributed by atoms with van der Waals surface area (Å²) in [6.45, 7) is 0. The van der Waals surface area contributed by atoms with Crippen LogP contribution in [0.4, 0.5) is 11.4 Å². The number of anilines is 2. The number of sulfone groups is 1. The van der Waals surface area contributed by atoms with Gasteiger partial charge in [-0.1, -0.05) is 17.7 Å². The van der Waals surface area contributed by atoms with Crippen LogP contribution in [0, 0.1) is 0 Å². The third-order valence-corrected chi connectivity index (χ3v) is 5.37. The number of carbonyl (C=O) groups is 2. The van der Waals surface area contributed by atoms with Crippen molar-refractivity contribution in [1.82, 2.24) is 4.98 Å². The molecule has 3 aromatic rings. The number of amides is 2. The first kappa shape index (κ1) is 20.5. The number of hydrogen-bond acceptors (Lipinski definition) is 5. The average Bonchev–Trinajstić information content (AvgIpc) is 2.68. The van der Waals surface area contributed by atoms with Gasteiger partial charge in [0.15, 0.2) is 9.84 Å². The molecule has 2 N–H and O–H groups in total. The van der Waals surface area contributed by atoms with Crippen molar-refractivity contribution in [2.45, 2.75) is 4.90 Å². The Morgan fingerprint density at radius 3 is 2.28 bits per heavy atom. The molecule has 9 heteroatoms. The van der Waals surface area contributed by atoms with Crippen LogP contribution < -0.4 is 10.6 Å². The monoisotopic (exact) mass is 429 g/mol. The predicted molar refractivity (Wildman–Crippen MR) is 111 cm³/mol. The Kier molecular flexibility index (Phi) is 5.95. The maximum absolute atomic E-state index is 12.6. The van der Waals surface area contributed by atoms with Crippen molar-refractivity contribution in [3.05, 3.63) is 83.1 Å². The van der Waals surface area contributed by atoms with E-state index >= 15 is 0 Å². The molecule has 2 amide bonds. The van der Waals surface area contributed by atoms with E-state index in [9.17, 15) is 18.0 Å². The summed E-state index contributed by atoms with van der Waals surface area (Å²) >= 11 is 6.05. The summed E-state index contributed by atoms with van der Waals surface area (Å²) in [5.74, 6) is -0.948. The number of pyridine rings is 1. The van der Waals surface area contributed by atoms with Crippen LogP contribution in [-0.2, 0) is 9.84 Å². The Morgan fingerprint density at radius 2 is 1.59 bits per heavy atom. The highest BCUT2D eigenvalue weighted by molar-refractivity contribution is 7.90. The van der Waals surface area contributed by atoms with Gasteiger partial charge in [0.05, 0.1) is 15.5 Å². The molecule has 0 unspecified atom stereocenters. The van der Waals surface area contributed by atoms with Crippen LogP contribution in [-0.4, -0.2) is 31.5 Å². The van der Waals surface area contributed by atoms with E-state index in [1.807, 2.05) is 0 Å². The average molecular weight is 430 g/mol. The number of nitrogens with zero attached hydrogens (tertiary/aromatic N) is 1. The molecular weight excluding hydrogens is 414 g/mol. The molecule has 0 bridgehead atoms. The fourth-order valence-corrected chi connectivity index (χ4v) is 3.33. The van der Waals surface area contributed by atoms with Gasteiger partial charge in [0.1, 0.15) is 0 Å². The minimum Gasteiger partial charge on any atom is -0.322 e. The first-order chi connectivity index (χ1) is 13.7. The molecule has 0 saturated carbocycles. The maximum atomic E-state index is 12.6. The maximum Gasteiger partial charge on any atom is 0.257 e. The van der Waals surface area contributed by atoms with Gasteiger partial charge >= 0.3 is 0 Å². The minimum absolute atomic E-state index is 0.0150. The van der Waals surface area contributed by atoms with E-state index in [4.69, 9.17) is 11.6 Å². The van der Waals surface area contributed by atoms with E-state index in [1.54, 1.807) is 42.7 Å². The van der Waals surface area contributed by atoms with E-state index in [1.165, 1.54) is 24.3 Å². The number of rotatable bonds is 5. The van der Waals surface area contributed by atoms with Gasteiger partial charge in [0.2, 0.25) is 0 Å². The summed E-state index contributed by atoms with van der Waals surface area (Å²) < 4.78 is 23.4. The van der Waals surface area contributed by atoms with Gasteiger partial charge in [-0.05, 0) is 48.5 Å². The normalized spacial score (nSPS) is 11.0. The largest absolute Gasteiger partial charge is 0.322 e. The van der Waals surface area contributed by atoms with Crippen LogP contribution in [0.1, 0.15) is 20.7 Å². The second-order valence-electron chi connectivity index (χ2n) is 6.14. The van der Waals surface area contributed by atoms with E-state index in [2.05, 4.69) is 15.6 Å². The lowest BCUT2D eigenvalue weighted by molar-refractivity contribution is 0.101. The zero-order valence-corrected chi connectivity index (χ0v) is 16.8. The fraction of sp³-hybridized carbons (Fsp3) is 0.0500. The van der Waals surface area contributed by atoms with Crippen molar-refractivity contribution in [2.24, 2.45) is 0 Å². The third kappa shape index (κ3) is 5.18. The Morgan fingerprint density at radius 1 is 0.897 bits per heavy atom. The minimum atomic E-state index is -3.49. The molecule has 1 aromatic heterocycles. The van der Waals surface area contributed by atoms with E-state index in [-0.39, 0.29) is 21.4 Å². The molecule has 0 aliphatic rings. The summed E-state index contributed by atoms with van der Waals surface area (Å²) in [6.07, 6.45) is 4.16. The van der Waals surface area contributed by atoms with Gasteiger partial charge in [0, 0.05) is 35.6 Å². The zero-order chi connectivity index (χ0) is 21.0. The highest BCUT2D eigenvalue weighted by atomic mass is 35.5. The van der Waals surface area contributed by atoms with Gasteiger partial charge in [-0.2, -0.15) is 0 Å². The molecule has 0 radical (unpaired) electrons. The molecule has 1 heterocycles. The zero-order valence-electron chi connectivity index (χ0n) is 15.2. The summed E-state index contributed by atoms with van der Waals surface area (Å²) in [5.41, 5.74) is 1.29. The Bertz CT molecular complexity index is 1180. The van der Waals surface area contributed by atoms with Crippen LogP contribution >= 0.6 is 11.6 Å². The molecule has 7 nitrogen and oxygen atoms in total. The molecule has 3 rings (SSSR count). The van der Waals surface area contributed by atoms with Crippen molar-refractivity contribution in [2.75, 3.05) is 16.9 Å². The van der Waals surface area contributed by atoms with Crippen molar-refractivity contribution >= 4 is 44.6 Å². The van der Waals surface area contributed by atoms with Gasteiger partial charge in [-0.15, -0.1) is 0 Å². The SMILES string of the molecule is CS(=O)(=O)c1ccc(Cl)c(C(=O)Nc2cccc(C(=O)Nc3ccncc3)c2)c1. The number of halogens is 1. The Balaban J connectivity index is 1.80. The van der Waals surface area contributed by atoms with Gasteiger partial charge in [-0.3, -0.25) is 14.6 Å². The highest BCUT2D eigenvalue weighted by Gasteiger charge is 2.16. The smallest absolute Gasteiger partial charge is 0.257 e. The molecule has 0 aliphatic heterocycles. The lowest BCUT2D eigenvalue weighted by atomic mass is 10.1. The van der Waals surface area contributed by atoms with E-state index in [0.29, 0.717) is 16.9 Å². The fourth-order valence-electron chi connectivity index (χ4n) is 2.48. The van der Waals surface area contributed by atoms with Crippen molar-refractivity contribution in [1.29, 1.82) is 0 Å². The molecule has 0 fully saturated rings.